The number of halogens is 1. The Morgan fingerprint density at radius 1 is 1.15 bits per heavy atom. The largest absolute Gasteiger partial charge is 1.00 e. The predicted octanol–water partition coefficient (Wildman–Crippen LogP) is 0.0766. The third kappa shape index (κ3) is 4.41. The highest BCUT2D eigenvalue weighted by Crippen LogP contribution is 2.15. The summed E-state index contributed by atoms with van der Waals surface area (Å²) in [6.45, 7) is 3.02. The zero-order valence-electron chi connectivity index (χ0n) is 11.1. The molecule has 0 spiro atoms. The van der Waals surface area contributed by atoms with Gasteiger partial charge in [0.1, 0.15) is 6.54 Å². The molecule has 0 radical (unpaired) electrons. The molecular weight excluding hydrogens is 367 g/mol. The molecule has 104 valence electrons. The number of rotatable bonds is 4. The van der Waals surface area contributed by atoms with Crippen LogP contribution in [-0.2, 0) is 6.54 Å². The standard InChI is InChI=1S/C15H15N2O2.HI/c1-2-16-10-8-13(9-11-16)6-7-14-4-3-5-15(12-14)17(18)19;/h3-12H,2H2,1H3;1H/q+1;/p-1/b7-6+;. The van der Waals surface area contributed by atoms with E-state index in [1.54, 1.807) is 12.1 Å². The second-order valence-corrected chi connectivity index (χ2v) is 4.15. The van der Waals surface area contributed by atoms with Gasteiger partial charge < -0.3 is 24.0 Å². The Kier molecular flexibility index (Phi) is 6.30. The first-order valence-electron chi connectivity index (χ1n) is 6.10. The summed E-state index contributed by atoms with van der Waals surface area (Å²) in [5.74, 6) is 0. The lowest BCUT2D eigenvalue weighted by molar-refractivity contribution is -0.693. The molecule has 2 rings (SSSR count). The molecular formula is C15H15IN2O2. The van der Waals surface area contributed by atoms with Crippen LogP contribution in [0, 0.1) is 10.1 Å². The van der Waals surface area contributed by atoms with Crippen LogP contribution in [0.5, 0.6) is 0 Å². The molecule has 0 aliphatic heterocycles. The van der Waals surface area contributed by atoms with Crippen molar-refractivity contribution < 1.29 is 33.5 Å². The molecule has 0 atom stereocenters. The van der Waals surface area contributed by atoms with Crippen LogP contribution in [0.25, 0.3) is 12.2 Å². The van der Waals surface area contributed by atoms with Gasteiger partial charge in [0.25, 0.3) is 5.69 Å². The molecule has 0 amide bonds. The number of hydrogen-bond donors (Lipinski definition) is 0. The molecule has 0 saturated heterocycles. The Balaban J connectivity index is 0.00000200. The highest BCUT2D eigenvalue weighted by atomic mass is 127. The summed E-state index contributed by atoms with van der Waals surface area (Å²) in [5.41, 5.74) is 2.00. The smallest absolute Gasteiger partial charge is 0.270 e. The summed E-state index contributed by atoms with van der Waals surface area (Å²) >= 11 is 0. The fraction of sp³-hybridized carbons (Fsp3) is 0.133. The maximum atomic E-state index is 10.7. The van der Waals surface area contributed by atoms with Gasteiger partial charge in [-0.2, -0.15) is 0 Å². The molecule has 0 aliphatic rings. The molecule has 0 fully saturated rings. The number of benzene rings is 1. The van der Waals surface area contributed by atoms with Crippen molar-refractivity contribution in [1.29, 1.82) is 0 Å². The SMILES string of the molecule is CC[n+]1ccc(/C=C/c2cccc([N+](=O)[O-])c2)cc1.[I-]. The summed E-state index contributed by atoms with van der Waals surface area (Å²) < 4.78 is 2.07. The monoisotopic (exact) mass is 382 g/mol. The van der Waals surface area contributed by atoms with Gasteiger partial charge in [-0.15, -0.1) is 0 Å². The maximum absolute atomic E-state index is 10.7. The minimum atomic E-state index is -0.385. The number of nitro benzene ring substituents is 1. The van der Waals surface area contributed by atoms with Crippen LogP contribution in [0.3, 0.4) is 0 Å². The number of aromatic nitrogens is 1. The molecule has 4 nitrogen and oxygen atoms in total. The molecule has 0 unspecified atom stereocenters. The second kappa shape index (κ2) is 7.74. The van der Waals surface area contributed by atoms with Crippen LogP contribution in [0.4, 0.5) is 5.69 Å². The van der Waals surface area contributed by atoms with Crippen LogP contribution in [-0.4, -0.2) is 4.92 Å². The van der Waals surface area contributed by atoms with E-state index in [-0.39, 0.29) is 34.6 Å². The summed E-state index contributed by atoms with van der Waals surface area (Å²) in [6.07, 6.45) is 7.83. The summed E-state index contributed by atoms with van der Waals surface area (Å²) in [6, 6.07) is 10.6. The van der Waals surface area contributed by atoms with Crippen LogP contribution in [0.15, 0.2) is 48.8 Å². The number of hydrogen-bond acceptors (Lipinski definition) is 2. The van der Waals surface area contributed by atoms with E-state index in [4.69, 9.17) is 0 Å². The number of non-ortho nitro benzene ring substituents is 1. The molecule has 0 saturated carbocycles. The van der Waals surface area contributed by atoms with Gasteiger partial charge in [0.05, 0.1) is 4.92 Å². The molecule has 20 heavy (non-hydrogen) atoms. The predicted molar refractivity (Wildman–Crippen MR) is 74.3 cm³/mol. The highest BCUT2D eigenvalue weighted by Gasteiger charge is 2.03. The Hall–Kier alpha value is -1.76. The van der Waals surface area contributed by atoms with Crippen molar-refractivity contribution in [2.24, 2.45) is 0 Å². The number of pyridine rings is 1. The van der Waals surface area contributed by atoms with E-state index in [9.17, 15) is 10.1 Å². The minimum absolute atomic E-state index is 0. The number of nitro groups is 1. The Labute approximate surface area is 134 Å². The normalized spacial score (nSPS) is 10.2. The summed E-state index contributed by atoms with van der Waals surface area (Å²) in [5, 5.41) is 10.7. The number of aryl methyl sites for hydroxylation is 1. The summed E-state index contributed by atoms with van der Waals surface area (Å²) in [7, 11) is 0. The molecule has 1 aromatic heterocycles. The first kappa shape index (κ1) is 16.3. The van der Waals surface area contributed by atoms with Crippen LogP contribution in [0.1, 0.15) is 18.1 Å². The van der Waals surface area contributed by atoms with Crippen LogP contribution >= 0.6 is 0 Å². The zero-order valence-corrected chi connectivity index (χ0v) is 13.2. The van der Waals surface area contributed by atoms with Gasteiger partial charge in [-0.25, -0.2) is 4.57 Å². The highest BCUT2D eigenvalue weighted by molar-refractivity contribution is 5.70. The van der Waals surface area contributed by atoms with Gasteiger partial charge in [-0.3, -0.25) is 10.1 Å². The number of nitrogens with zero attached hydrogens (tertiary/aromatic N) is 2. The first-order valence-corrected chi connectivity index (χ1v) is 6.10. The van der Waals surface area contributed by atoms with E-state index < -0.39 is 0 Å². The van der Waals surface area contributed by atoms with Gasteiger partial charge >= 0.3 is 0 Å². The van der Waals surface area contributed by atoms with Crippen molar-refractivity contribution in [3.63, 3.8) is 0 Å². The van der Waals surface area contributed by atoms with Crippen molar-refractivity contribution in [2.75, 3.05) is 0 Å². The lowest BCUT2D eigenvalue weighted by Gasteiger charge is -1.95. The summed E-state index contributed by atoms with van der Waals surface area (Å²) in [4.78, 5) is 10.3. The lowest BCUT2D eigenvalue weighted by atomic mass is 10.1. The fourth-order valence-corrected chi connectivity index (χ4v) is 1.73. The zero-order chi connectivity index (χ0) is 13.7. The van der Waals surface area contributed by atoms with E-state index in [1.165, 1.54) is 6.07 Å². The van der Waals surface area contributed by atoms with Crippen LogP contribution < -0.4 is 28.5 Å². The van der Waals surface area contributed by atoms with E-state index >= 15 is 0 Å². The second-order valence-electron chi connectivity index (χ2n) is 4.15. The van der Waals surface area contributed by atoms with Gasteiger partial charge in [0.15, 0.2) is 12.4 Å². The Morgan fingerprint density at radius 3 is 2.40 bits per heavy atom. The molecule has 0 bridgehead atoms. The first-order chi connectivity index (χ1) is 9.19. The molecule has 1 heterocycles. The van der Waals surface area contributed by atoms with Crippen molar-refractivity contribution in [3.8, 4) is 0 Å². The van der Waals surface area contributed by atoms with Crippen molar-refractivity contribution >= 4 is 17.8 Å². The van der Waals surface area contributed by atoms with Crippen molar-refractivity contribution in [3.05, 3.63) is 70.0 Å². The third-order valence-corrected chi connectivity index (χ3v) is 2.83. The van der Waals surface area contributed by atoms with Gasteiger partial charge in [0.2, 0.25) is 0 Å². The van der Waals surface area contributed by atoms with Crippen molar-refractivity contribution in [2.45, 2.75) is 13.5 Å². The third-order valence-electron chi connectivity index (χ3n) is 2.83. The minimum Gasteiger partial charge on any atom is -1.00 e. The average Bonchev–Trinajstić information content (AvgIpc) is 2.46. The fourth-order valence-electron chi connectivity index (χ4n) is 1.73. The molecule has 0 aliphatic carbocycles. The van der Waals surface area contributed by atoms with Crippen molar-refractivity contribution in [1.82, 2.24) is 0 Å². The molecule has 0 N–H and O–H groups in total. The topological polar surface area (TPSA) is 47.0 Å². The quantitative estimate of drug-likeness (QED) is 0.326. The van der Waals surface area contributed by atoms with Crippen LogP contribution in [0.2, 0.25) is 0 Å². The van der Waals surface area contributed by atoms with Gasteiger partial charge in [-0.05, 0) is 18.1 Å². The Bertz CT molecular complexity index is 610. The van der Waals surface area contributed by atoms with Gasteiger partial charge in [0, 0.05) is 24.3 Å². The molecule has 1 aromatic carbocycles. The molecule has 5 heteroatoms. The lowest BCUT2D eigenvalue weighted by Crippen LogP contribution is -3.00. The van der Waals surface area contributed by atoms with Gasteiger partial charge in [-0.1, -0.05) is 24.3 Å². The van der Waals surface area contributed by atoms with E-state index in [0.717, 1.165) is 17.7 Å². The maximum Gasteiger partial charge on any atom is 0.270 e. The van der Waals surface area contributed by atoms with E-state index in [2.05, 4.69) is 11.5 Å². The Morgan fingerprint density at radius 2 is 1.80 bits per heavy atom. The van der Waals surface area contributed by atoms with E-state index in [1.807, 2.05) is 42.7 Å². The molecule has 2 aromatic rings. The average molecular weight is 382 g/mol. The van der Waals surface area contributed by atoms with E-state index in [0.29, 0.717) is 0 Å².